The standard InChI is InChI=1S/C15H23FN2O/c1-4-11(9-17)14(19)18-10-15(2,3)12-6-5-7-13(16)8-12/h5-8,11H,4,9-10,17H2,1-3H3,(H,18,19). The Hall–Kier alpha value is -1.42. The molecule has 0 bridgehead atoms. The summed E-state index contributed by atoms with van der Waals surface area (Å²) < 4.78 is 13.2. The predicted molar refractivity (Wildman–Crippen MR) is 75.3 cm³/mol. The van der Waals surface area contributed by atoms with Crippen LogP contribution in [0.5, 0.6) is 0 Å². The van der Waals surface area contributed by atoms with E-state index in [0.29, 0.717) is 13.1 Å². The Kier molecular flexibility index (Phi) is 5.48. The lowest BCUT2D eigenvalue weighted by molar-refractivity contribution is -0.125. The lowest BCUT2D eigenvalue weighted by Crippen LogP contribution is -2.41. The molecule has 1 aromatic rings. The molecule has 0 saturated carbocycles. The number of halogens is 1. The molecular weight excluding hydrogens is 243 g/mol. The summed E-state index contributed by atoms with van der Waals surface area (Å²) in [6.45, 7) is 6.71. The van der Waals surface area contributed by atoms with E-state index in [-0.39, 0.29) is 23.1 Å². The van der Waals surface area contributed by atoms with Gasteiger partial charge in [-0.2, -0.15) is 0 Å². The first-order chi connectivity index (χ1) is 8.90. The maximum Gasteiger partial charge on any atom is 0.224 e. The average molecular weight is 266 g/mol. The number of carbonyl (C=O) groups is 1. The van der Waals surface area contributed by atoms with Crippen molar-refractivity contribution in [2.75, 3.05) is 13.1 Å². The number of hydrogen-bond donors (Lipinski definition) is 2. The molecule has 0 aromatic heterocycles. The summed E-state index contributed by atoms with van der Waals surface area (Å²) in [5.41, 5.74) is 6.10. The van der Waals surface area contributed by atoms with Gasteiger partial charge in [0.1, 0.15) is 5.82 Å². The topological polar surface area (TPSA) is 55.1 Å². The van der Waals surface area contributed by atoms with Gasteiger partial charge in [-0.1, -0.05) is 32.9 Å². The molecular formula is C15H23FN2O. The van der Waals surface area contributed by atoms with E-state index in [1.165, 1.54) is 12.1 Å². The highest BCUT2D eigenvalue weighted by atomic mass is 19.1. The molecule has 1 aromatic carbocycles. The molecule has 3 N–H and O–H groups in total. The molecule has 0 fully saturated rings. The molecule has 0 radical (unpaired) electrons. The van der Waals surface area contributed by atoms with Crippen LogP contribution in [-0.2, 0) is 10.2 Å². The van der Waals surface area contributed by atoms with Crippen molar-refractivity contribution in [2.24, 2.45) is 11.7 Å². The fourth-order valence-electron chi connectivity index (χ4n) is 1.92. The van der Waals surface area contributed by atoms with E-state index in [4.69, 9.17) is 5.73 Å². The quantitative estimate of drug-likeness (QED) is 0.829. The number of carbonyl (C=O) groups excluding carboxylic acids is 1. The molecule has 0 aliphatic rings. The Morgan fingerprint density at radius 2 is 2.16 bits per heavy atom. The lowest BCUT2D eigenvalue weighted by Gasteiger charge is -2.26. The summed E-state index contributed by atoms with van der Waals surface area (Å²) in [5.74, 6) is -0.442. The summed E-state index contributed by atoms with van der Waals surface area (Å²) in [4.78, 5) is 11.9. The van der Waals surface area contributed by atoms with Crippen LogP contribution < -0.4 is 11.1 Å². The number of nitrogens with two attached hydrogens (primary N) is 1. The van der Waals surface area contributed by atoms with Crippen LogP contribution in [0.1, 0.15) is 32.8 Å². The third-order valence-electron chi connectivity index (χ3n) is 3.46. The highest BCUT2D eigenvalue weighted by Crippen LogP contribution is 2.23. The number of rotatable bonds is 6. The Labute approximate surface area is 114 Å². The second-order valence-corrected chi connectivity index (χ2v) is 5.45. The van der Waals surface area contributed by atoms with Gasteiger partial charge < -0.3 is 11.1 Å². The number of hydrogen-bond acceptors (Lipinski definition) is 2. The number of benzene rings is 1. The maximum atomic E-state index is 13.2. The van der Waals surface area contributed by atoms with E-state index < -0.39 is 0 Å². The second-order valence-electron chi connectivity index (χ2n) is 5.45. The van der Waals surface area contributed by atoms with Crippen molar-refractivity contribution in [1.82, 2.24) is 5.32 Å². The van der Waals surface area contributed by atoms with Crippen LogP contribution in [0.4, 0.5) is 4.39 Å². The minimum atomic E-state index is -0.315. The van der Waals surface area contributed by atoms with Crippen molar-refractivity contribution in [3.05, 3.63) is 35.6 Å². The first-order valence-electron chi connectivity index (χ1n) is 6.64. The van der Waals surface area contributed by atoms with Gasteiger partial charge in [0.2, 0.25) is 5.91 Å². The fraction of sp³-hybridized carbons (Fsp3) is 0.533. The molecule has 19 heavy (non-hydrogen) atoms. The van der Waals surface area contributed by atoms with E-state index in [2.05, 4.69) is 5.32 Å². The van der Waals surface area contributed by atoms with Crippen LogP contribution in [0.15, 0.2) is 24.3 Å². The van der Waals surface area contributed by atoms with Crippen LogP contribution >= 0.6 is 0 Å². The zero-order chi connectivity index (χ0) is 14.5. The van der Waals surface area contributed by atoms with Gasteiger partial charge in [-0.3, -0.25) is 4.79 Å². The van der Waals surface area contributed by atoms with Crippen molar-refractivity contribution >= 4 is 5.91 Å². The third kappa shape index (κ3) is 4.31. The summed E-state index contributed by atoms with van der Waals surface area (Å²) in [6, 6.07) is 6.48. The highest BCUT2D eigenvalue weighted by molar-refractivity contribution is 5.78. The van der Waals surface area contributed by atoms with E-state index in [9.17, 15) is 9.18 Å². The van der Waals surface area contributed by atoms with Crippen molar-refractivity contribution in [3.63, 3.8) is 0 Å². The molecule has 0 aliphatic heterocycles. The zero-order valence-corrected chi connectivity index (χ0v) is 11.9. The Morgan fingerprint density at radius 1 is 1.47 bits per heavy atom. The number of amides is 1. The molecule has 0 saturated heterocycles. The summed E-state index contributed by atoms with van der Waals surface area (Å²) >= 11 is 0. The first-order valence-corrected chi connectivity index (χ1v) is 6.64. The van der Waals surface area contributed by atoms with E-state index in [0.717, 1.165) is 12.0 Å². The van der Waals surface area contributed by atoms with Crippen LogP contribution in [0.3, 0.4) is 0 Å². The normalized spacial score (nSPS) is 13.1. The van der Waals surface area contributed by atoms with E-state index in [1.807, 2.05) is 26.8 Å². The molecule has 1 rings (SSSR count). The van der Waals surface area contributed by atoms with Crippen molar-refractivity contribution < 1.29 is 9.18 Å². The van der Waals surface area contributed by atoms with E-state index in [1.54, 1.807) is 6.07 Å². The minimum Gasteiger partial charge on any atom is -0.355 e. The predicted octanol–water partition coefficient (Wildman–Crippen LogP) is 2.20. The van der Waals surface area contributed by atoms with E-state index >= 15 is 0 Å². The Balaban J connectivity index is 2.67. The molecule has 1 atom stereocenters. The molecule has 1 unspecified atom stereocenters. The van der Waals surface area contributed by atoms with Crippen LogP contribution in [0.25, 0.3) is 0 Å². The summed E-state index contributed by atoms with van der Waals surface area (Å²) in [7, 11) is 0. The SMILES string of the molecule is CCC(CN)C(=O)NCC(C)(C)c1cccc(F)c1. The molecule has 1 amide bonds. The molecule has 3 nitrogen and oxygen atoms in total. The highest BCUT2D eigenvalue weighted by Gasteiger charge is 2.23. The van der Waals surface area contributed by atoms with Gasteiger partial charge in [0.15, 0.2) is 0 Å². The van der Waals surface area contributed by atoms with Gasteiger partial charge in [-0.05, 0) is 24.1 Å². The summed E-state index contributed by atoms with van der Waals surface area (Å²) in [6.07, 6.45) is 0.725. The number of nitrogens with one attached hydrogen (secondary N) is 1. The molecule has 4 heteroatoms. The fourth-order valence-corrected chi connectivity index (χ4v) is 1.92. The van der Waals surface area contributed by atoms with Gasteiger partial charge in [-0.25, -0.2) is 4.39 Å². The third-order valence-corrected chi connectivity index (χ3v) is 3.46. The average Bonchev–Trinajstić information content (AvgIpc) is 2.38. The van der Waals surface area contributed by atoms with Gasteiger partial charge in [-0.15, -0.1) is 0 Å². The van der Waals surface area contributed by atoms with Crippen molar-refractivity contribution in [2.45, 2.75) is 32.6 Å². The van der Waals surface area contributed by atoms with Crippen LogP contribution in [0, 0.1) is 11.7 Å². The largest absolute Gasteiger partial charge is 0.355 e. The van der Waals surface area contributed by atoms with Crippen LogP contribution in [-0.4, -0.2) is 19.0 Å². The second kappa shape index (κ2) is 6.66. The lowest BCUT2D eigenvalue weighted by atomic mass is 9.84. The molecule has 0 spiro atoms. The van der Waals surface area contributed by atoms with Crippen molar-refractivity contribution in [1.29, 1.82) is 0 Å². The van der Waals surface area contributed by atoms with Crippen molar-refractivity contribution in [3.8, 4) is 0 Å². The maximum absolute atomic E-state index is 13.2. The zero-order valence-electron chi connectivity index (χ0n) is 11.9. The monoisotopic (exact) mass is 266 g/mol. The van der Waals surface area contributed by atoms with Gasteiger partial charge >= 0.3 is 0 Å². The Bertz CT molecular complexity index is 428. The molecule has 106 valence electrons. The molecule has 0 heterocycles. The first kappa shape index (κ1) is 15.6. The summed E-state index contributed by atoms with van der Waals surface area (Å²) in [5, 5.41) is 2.90. The van der Waals surface area contributed by atoms with Gasteiger partial charge in [0.25, 0.3) is 0 Å². The van der Waals surface area contributed by atoms with Gasteiger partial charge in [0.05, 0.1) is 0 Å². The van der Waals surface area contributed by atoms with Gasteiger partial charge in [0, 0.05) is 24.4 Å². The van der Waals surface area contributed by atoms with Crippen LogP contribution in [0.2, 0.25) is 0 Å². The smallest absolute Gasteiger partial charge is 0.224 e. The minimum absolute atomic E-state index is 0.0329. The Morgan fingerprint density at radius 3 is 2.68 bits per heavy atom. The molecule has 0 aliphatic carbocycles.